The first kappa shape index (κ1) is 23.7. The minimum Gasteiger partial charge on any atom is -0.457 e. The molecule has 0 bridgehead atoms. The fraction of sp³-hybridized carbons (Fsp3) is 0.520. The molecule has 8 heteroatoms. The maximum atomic E-state index is 13.1. The number of fused-ring (bicyclic) bond motifs is 1. The molecular formula is C25H32N2O5S. The molecule has 0 radical (unpaired) electrons. The number of piperidine rings is 1. The van der Waals surface area contributed by atoms with E-state index in [4.69, 9.17) is 4.74 Å². The topological polar surface area (TPSA) is 85.7 Å². The number of rotatable bonds is 7. The number of esters is 1. The van der Waals surface area contributed by atoms with E-state index in [-0.39, 0.29) is 25.5 Å². The number of nitrogens with zero attached hydrogens (tertiary/aromatic N) is 2. The van der Waals surface area contributed by atoms with Crippen molar-refractivity contribution in [1.82, 2.24) is 8.87 Å². The minimum atomic E-state index is -3.58. The third-order valence-corrected chi connectivity index (χ3v) is 8.93. The second-order valence-corrected chi connectivity index (χ2v) is 11.0. The van der Waals surface area contributed by atoms with Gasteiger partial charge in [0.25, 0.3) is 0 Å². The SMILES string of the molecule is CCn1c(C)cc(C(=O)COC(=O)C2CCN(S(=O)(=O)c3ccc4c(c3)CCC4)CC2)c1C. The average molecular weight is 473 g/mol. The number of hydrogen-bond acceptors (Lipinski definition) is 5. The lowest BCUT2D eigenvalue weighted by atomic mass is 9.98. The van der Waals surface area contributed by atoms with Gasteiger partial charge in [0.2, 0.25) is 15.8 Å². The van der Waals surface area contributed by atoms with Crippen LogP contribution in [0.15, 0.2) is 29.2 Å². The van der Waals surface area contributed by atoms with Crippen LogP contribution in [0.2, 0.25) is 0 Å². The molecule has 0 amide bonds. The molecule has 178 valence electrons. The summed E-state index contributed by atoms with van der Waals surface area (Å²) in [6, 6.07) is 7.26. The standard InChI is InChI=1S/C25H32N2O5S/c1-4-27-17(2)14-23(18(27)3)24(28)16-32-25(29)20-10-12-26(13-11-20)33(30,31)22-9-8-19-6-5-7-21(19)15-22/h8-9,14-15,20H,4-7,10-13,16H2,1-3H3. The second-order valence-electron chi connectivity index (χ2n) is 9.02. The molecule has 0 atom stereocenters. The van der Waals surface area contributed by atoms with E-state index in [1.807, 2.05) is 37.5 Å². The van der Waals surface area contributed by atoms with Gasteiger partial charge in [0, 0.05) is 36.6 Å². The molecular weight excluding hydrogens is 440 g/mol. The molecule has 2 heterocycles. The maximum absolute atomic E-state index is 13.1. The van der Waals surface area contributed by atoms with Gasteiger partial charge in [-0.05, 0) is 82.2 Å². The number of carbonyl (C=O) groups excluding carboxylic acids is 2. The monoisotopic (exact) mass is 472 g/mol. The molecule has 1 saturated heterocycles. The molecule has 4 rings (SSSR count). The van der Waals surface area contributed by atoms with E-state index in [0.717, 1.165) is 42.8 Å². The predicted octanol–water partition coefficient (Wildman–Crippen LogP) is 3.44. The molecule has 7 nitrogen and oxygen atoms in total. The molecule has 1 aliphatic carbocycles. The second kappa shape index (κ2) is 9.43. The number of carbonyl (C=O) groups is 2. The lowest BCUT2D eigenvalue weighted by Crippen LogP contribution is -2.40. The van der Waals surface area contributed by atoms with E-state index in [9.17, 15) is 18.0 Å². The van der Waals surface area contributed by atoms with Crippen LogP contribution in [0.4, 0.5) is 0 Å². The van der Waals surface area contributed by atoms with Crippen LogP contribution in [-0.4, -0.2) is 48.7 Å². The Balaban J connectivity index is 1.32. The van der Waals surface area contributed by atoms with Crippen LogP contribution < -0.4 is 0 Å². The first-order valence-electron chi connectivity index (χ1n) is 11.7. The summed E-state index contributed by atoms with van der Waals surface area (Å²) in [7, 11) is -3.58. The van der Waals surface area contributed by atoms with Gasteiger partial charge in [0.05, 0.1) is 10.8 Å². The number of ether oxygens (including phenoxy) is 1. The van der Waals surface area contributed by atoms with Gasteiger partial charge in [0.15, 0.2) is 6.61 Å². The Kier molecular flexibility index (Phi) is 6.77. The Hall–Kier alpha value is -2.45. The summed E-state index contributed by atoms with van der Waals surface area (Å²) in [5.74, 6) is -1.04. The number of sulfonamides is 1. The number of hydrogen-bond donors (Lipinski definition) is 0. The maximum Gasteiger partial charge on any atom is 0.309 e. The first-order valence-corrected chi connectivity index (χ1v) is 13.1. The summed E-state index contributed by atoms with van der Waals surface area (Å²) in [5.41, 5.74) is 4.82. The van der Waals surface area contributed by atoms with E-state index in [0.29, 0.717) is 23.3 Å². The van der Waals surface area contributed by atoms with Crippen LogP contribution in [-0.2, 0) is 38.9 Å². The average Bonchev–Trinajstić information content (AvgIpc) is 3.40. The van der Waals surface area contributed by atoms with Crippen molar-refractivity contribution < 1.29 is 22.7 Å². The normalized spacial score (nSPS) is 17.2. The van der Waals surface area contributed by atoms with E-state index in [1.54, 1.807) is 12.1 Å². The number of benzene rings is 1. The molecule has 1 aromatic heterocycles. The van der Waals surface area contributed by atoms with Crippen LogP contribution >= 0.6 is 0 Å². The van der Waals surface area contributed by atoms with Crippen LogP contribution in [0.3, 0.4) is 0 Å². The van der Waals surface area contributed by atoms with E-state index in [2.05, 4.69) is 0 Å². The highest BCUT2D eigenvalue weighted by Gasteiger charge is 2.33. The highest BCUT2D eigenvalue weighted by molar-refractivity contribution is 7.89. The highest BCUT2D eigenvalue weighted by Crippen LogP contribution is 2.29. The van der Waals surface area contributed by atoms with Crippen LogP contribution in [0, 0.1) is 19.8 Å². The molecule has 2 aromatic rings. The van der Waals surface area contributed by atoms with Crippen molar-refractivity contribution in [3.05, 3.63) is 52.3 Å². The van der Waals surface area contributed by atoms with Crippen molar-refractivity contribution >= 4 is 21.8 Å². The molecule has 1 aromatic carbocycles. The number of aromatic nitrogens is 1. The lowest BCUT2D eigenvalue weighted by Gasteiger charge is -2.30. The van der Waals surface area contributed by atoms with E-state index >= 15 is 0 Å². The highest BCUT2D eigenvalue weighted by atomic mass is 32.2. The zero-order valence-electron chi connectivity index (χ0n) is 19.6. The summed E-state index contributed by atoms with van der Waals surface area (Å²) < 4.78 is 35.0. The molecule has 33 heavy (non-hydrogen) atoms. The molecule has 0 spiro atoms. The zero-order valence-corrected chi connectivity index (χ0v) is 20.4. The molecule has 0 N–H and O–H groups in total. The largest absolute Gasteiger partial charge is 0.457 e. The summed E-state index contributed by atoms with van der Waals surface area (Å²) >= 11 is 0. The summed E-state index contributed by atoms with van der Waals surface area (Å²) in [6.45, 7) is 6.88. The van der Waals surface area contributed by atoms with Gasteiger partial charge >= 0.3 is 5.97 Å². The number of ketones is 1. The van der Waals surface area contributed by atoms with Crippen LogP contribution in [0.5, 0.6) is 0 Å². The van der Waals surface area contributed by atoms with Crippen LogP contribution in [0.1, 0.15) is 59.1 Å². The van der Waals surface area contributed by atoms with Crippen molar-refractivity contribution in [3.8, 4) is 0 Å². The molecule has 2 aliphatic rings. The Morgan fingerprint density at radius 2 is 1.76 bits per heavy atom. The smallest absolute Gasteiger partial charge is 0.309 e. The number of aryl methyl sites for hydroxylation is 3. The van der Waals surface area contributed by atoms with Crippen molar-refractivity contribution in [1.29, 1.82) is 0 Å². The summed E-state index contributed by atoms with van der Waals surface area (Å²) in [5, 5.41) is 0. The van der Waals surface area contributed by atoms with E-state index in [1.165, 1.54) is 9.87 Å². The minimum absolute atomic E-state index is 0.215. The molecule has 1 aliphatic heterocycles. The zero-order chi connectivity index (χ0) is 23.8. The quantitative estimate of drug-likeness (QED) is 0.455. The van der Waals surface area contributed by atoms with Crippen LogP contribution in [0.25, 0.3) is 0 Å². The van der Waals surface area contributed by atoms with E-state index < -0.39 is 21.9 Å². The Bertz CT molecular complexity index is 1170. The number of Topliss-reactive ketones (excluding diaryl/α,β-unsaturated/α-hetero) is 1. The predicted molar refractivity (Wildman–Crippen MR) is 125 cm³/mol. The van der Waals surface area contributed by atoms with Crippen molar-refractivity contribution in [3.63, 3.8) is 0 Å². The molecule has 0 saturated carbocycles. The van der Waals surface area contributed by atoms with Crippen molar-refractivity contribution in [2.45, 2.75) is 64.3 Å². The van der Waals surface area contributed by atoms with Gasteiger partial charge < -0.3 is 9.30 Å². The third-order valence-electron chi connectivity index (χ3n) is 7.03. The molecule has 0 unspecified atom stereocenters. The molecule has 1 fully saturated rings. The van der Waals surface area contributed by atoms with Gasteiger partial charge in [-0.15, -0.1) is 0 Å². The van der Waals surface area contributed by atoms with Gasteiger partial charge in [0.1, 0.15) is 0 Å². The third kappa shape index (κ3) is 4.64. The Labute approximate surface area is 195 Å². The van der Waals surface area contributed by atoms with Gasteiger partial charge in [-0.2, -0.15) is 4.31 Å². The summed E-state index contributed by atoms with van der Waals surface area (Å²) in [6.07, 6.45) is 3.78. The van der Waals surface area contributed by atoms with Gasteiger partial charge in [-0.25, -0.2) is 8.42 Å². The van der Waals surface area contributed by atoms with Gasteiger partial charge in [-0.1, -0.05) is 6.07 Å². The van der Waals surface area contributed by atoms with Crippen molar-refractivity contribution in [2.24, 2.45) is 5.92 Å². The Morgan fingerprint density at radius 3 is 2.42 bits per heavy atom. The lowest BCUT2D eigenvalue weighted by molar-refractivity contribution is -0.148. The fourth-order valence-electron chi connectivity index (χ4n) is 5.09. The fourth-order valence-corrected chi connectivity index (χ4v) is 6.61. The first-order chi connectivity index (χ1) is 15.7. The summed E-state index contributed by atoms with van der Waals surface area (Å²) in [4.78, 5) is 25.5. The van der Waals surface area contributed by atoms with Gasteiger partial charge in [-0.3, -0.25) is 9.59 Å². The van der Waals surface area contributed by atoms with Crippen molar-refractivity contribution in [2.75, 3.05) is 19.7 Å². The Morgan fingerprint density at radius 1 is 1.06 bits per heavy atom.